The van der Waals surface area contributed by atoms with Gasteiger partial charge in [0, 0.05) is 11.3 Å². The molecule has 1 N–H and O–H groups in total. The van der Waals surface area contributed by atoms with Gasteiger partial charge in [0.2, 0.25) is 0 Å². The minimum atomic E-state index is -0.154. The van der Waals surface area contributed by atoms with Crippen molar-refractivity contribution >= 4 is 11.6 Å². The minimum Gasteiger partial charge on any atom is -0.490 e. The van der Waals surface area contributed by atoms with E-state index >= 15 is 0 Å². The van der Waals surface area contributed by atoms with Crippen LogP contribution in [-0.4, -0.2) is 19.1 Å². The first-order chi connectivity index (χ1) is 11.7. The maximum Gasteiger partial charge on any atom is 0.255 e. The van der Waals surface area contributed by atoms with Gasteiger partial charge in [-0.1, -0.05) is 32.0 Å². The molecule has 0 bridgehead atoms. The zero-order chi connectivity index (χ0) is 17.4. The fraction of sp³-hybridized carbons (Fsp3) is 0.350. The van der Waals surface area contributed by atoms with Crippen LogP contribution in [0, 0.1) is 0 Å². The van der Waals surface area contributed by atoms with Gasteiger partial charge < -0.3 is 14.8 Å². The van der Waals surface area contributed by atoms with Crippen LogP contribution in [0.5, 0.6) is 11.5 Å². The van der Waals surface area contributed by atoms with Crippen LogP contribution in [-0.2, 0) is 6.42 Å². The van der Waals surface area contributed by atoms with E-state index in [2.05, 4.69) is 12.2 Å². The van der Waals surface area contributed by atoms with Crippen molar-refractivity contribution in [3.63, 3.8) is 0 Å². The second-order valence-electron chi connectivity index (χ2n) is 5.41. The lowest BCUT2D eigenvalue weighted by Gasteiger charge is -2.14. The predicted molar refractivity (Wildman–Crippen MR) is 97.2 cm³/mol. The van der Waals surface area contributed by atoms with E-state index in [-0.39, 0.29) is 5.91 Å². The van der Waals surface area contributed by atoms with Crippen molar-refractivity contribution in [2.45, 2.75) is 33.6 Å². The minimum absolute atomic E-state index is 0.154. The van der Waals surface area contributed by atoms with Crippen molar-refractivity contribution < 1.29 is 14.3 Å². The van der Waals surface area contributed by atoms with Crippen molar-refractivity contribution in [3.05, 3.63) is 53.6 Å². The predicted octanol–water partition coefficient (Wildman–Crippen LogP) is 4.69. The SMILES string of the molecule is CCCOc1ccc(C(=O)Nc2ccccc2CC)cc1OCC. The number of amides is 1. The number of rotatable bonds is 8. The van der Waals surface area contributed by atoms with Crippen LogP contribution in [0.15, 0.2) is 42.5 Å². The lowest BCUT2D eigenvalue weighted by atomic mass is 10.1. The molecule has 0 aliphatic carbocycles. The highest BCUT2D eigenvalue weighted by Gasteiger charge is 2.13. The quantitative estimate of drug-likeness (QED) is 0.765. The van der Waals surface area contributed by atoms with Crippen molar-refractivity contribution in [1.29, 1.82) is 0 Å². The van der Waals surface area contributed by atoms with Crippen LogP contribution in [0.3, 0.4) is 0 Å². The highest BCUT2D eigenvalue weighted by Crippen LogP contribution is 2.29. The number of anilines is 1. The number of hydrogen-bond acceptors (Lipinski definition) is 3. The van der Waals surface area contributed by atoms with Crippen molar-refractivity contribution in [2.24, 2.45) is 0 Å². The Kier molecular flexibility index (Phi) is 6.67. The molecule has 24 heavy (non-hydrogen) atoms. The second-order valence-corrected chi connectivity index (χ2v) is 5.41. The molecule has 0 heterocycles. The normalized spacial score (nSPS) is 10.3. The Morgan fingerprint density at radius 3 is 2.50 bits per heavy atom. The Labute approximate surface area is 143 Å². The number of para-hydroxylation sites is 1. The van der Waals surface area contributed by atoms with E-state index in [9.17, 15) is 4.79 Å². The van der Waals surface area contributed by atoms with E-state index in [1.807, 2.05) is 38.1 Å². The van der Waals surface area contributed by atoms with Gasteiger partial charge in [-0.25, -0.2) is 0 Å². The third-order valence-electron chi connectivity index (χ3n) is 3.61. The van der Waals surface area contributed by atoms with Gasteiger partial charge in [0.05, 0.1) is 13.2 Å². The molecule has 0 spiro atoms. The number of ether oxygens (including phenoxy) is 2. The van der Waals surface area contributed by atoms with Gasteiger partial charge in [-0.2, -0.15) is 0 Å². The van der Waals surface area contributed by atoms with Gasteiger partial charge in [0.1, 0.15) is 0 Å². The van der Waals surface area contributed by atoms with Crippen molar-refractivity contribution in [1.82, 2.24) is 0 Å². The molecule has 0 saturated carbocycles. The van der Waals surface area contributed by atoms with Crippen LogP contribution in [0.25, 0.3) is 0 Å². The number of benzene rings is 2. The Balaban J connectivity index is 2.21. The van der Waals surface area contributed by atoms with Gasteiger partial charge in [-0.15, -0.1) is 0 Å². The molecule has 0 atom stereocenters. The summed E-state index contributed by atoms with van der Waals surface area (Å²) in [5, 5.41) is 2.97. The number of carbonyl (C=O) groups is 1. The molecule has 0 radical (unpaired) electrons. The van der Waals surface area contributed by atoms with Gasteiger partial charge in [-0.3, -0.25) is 4.79 Å². The standard InChI is InChI=1S/C20H25NO3/c1-4-13-24-18-12-11-16(14-19(18)23-6-3)20(22)21-17-10-8-7-9-15(17)5-2/h7-12,14H,4-6,13H2,1-3H3,(H,21,22). The molecule has 0 saturated heterocycles. The van der Waals surface area contributed by atoms with Crippen LogP contribution in [0.1, 0.15) is 43.1 Å². The smallest absolute Gasteiger partial charge is 0.255 e. The number of aryl methyl sites for hydroxylation is 1. The van der Waals surface area contributed by atoms with Gasteiger partial charge >= 0.3 is 0 Å². The van der Waals surface area contributed by atoms with E-state index in [4.69, 9.17) is 9.47 Å². The molecule has 0 unspecified atom stereocenters. The van der Waals surface area contributed by atoms with Gasteiger partial charge in [0.25, 0.3) is 5.91 Å². The summed E-state index contributed by atoms with van der Waals surface area (Å²) in [7, 11) is 0. The summed E-state index contributed by atoms with van der Waals surface area (Å²) >= 11 is 0. The molecule has 0 fully saturated rings. The van der Waals surface area contributed by atoms with Crippen LogP contribution < -0.4 is 14.8 Å². The van der Waals surface area contributed by atoms with E-state index in [0.717, 1.165) is 24.1 Å². The molecule has 128 valence electrons. The molecule has 2 rings (SSSR count). The van der Waals surface area contributed by atoms with Crippen molar-refractivity contribution in [3.8, 4) is 11.5 Å². The Morgan fingerprint density at radius 2 is 1.79 bits per heavy atom. The van der Waals surface area contributed by atoms with E-state index in [1.165, 1.54) is 0 Å². The third-order valence-corrected chi connectivity index (χ3v) is 3.61. The largest absolute Gasteiger partial charge is 0.490 e. The monoisotopic (exact) mass is 327 g/mol. The molecule has 0 aliphatic heterocycles. The highest BCUT2D eigenvalue weighted by atomic mass is 16.5. The molecule has 4 heteroatoms. The van der Waals surface area contributed by atoms with Crippen LogP contribution >= 0.6 is 0 Å². The summed E-state index contributed by atoms with van der Waals surface area (Å²) in [4.78, 5) is 12.6. The highest BCUT2D eigenvalue weighted by molar-refractivity contribution is 6.05. The van der Waals surface area contributed by atoms with Gasteiger partial charge in [0.15, 0.2) is 11.5 Å². The Hall–Kier alpha value is -2.49. The fourth-order valence-electron chi connectivity index (χ4n) is 2.39. The second kappa shape index (κ2) is 8.96. The fourth-order valence-corrected chi connectivity index (χ4v) is 2.39. The first-order valence-corrected chi connectivity index (χ1v) is 8.48. The summed E-state index contributed by atoms with van der Waals surface area (Å²) in [5.74, 6) is 1.12. The molecule has 0 aromatic heterocycles. The average molecular weight is 327 g/mol. The topological polar surface area (TPSA) is 47.6 Å². The Morgan fingerprint density at radius 1 is 1.00 bits per heavy atom. The molecular formula is C20H25NO3. The maximum absolute atomic E-state index is 12.6. The Bertz CT molecular complexity index is 682. The van der Waals surface area contributed by atoms with E-state index in [1.54, 1.807) is 18.2 Å². The molecule has 0 aliphatic rings. The maximum atomic E-state index is 12.6. The summed E-state index contributed by atoms with van der Waals surface area (Å²) in [6.07, 6.45) is 1.78. The third kappa shape index (κ3) is 4.51. The average Bonchev–Trinajstić information content (AvgIpc) is 2.61. The first-order valence-electron chi connectivity index (χ1n) is 8.48. The molecule has 1 amide bonds. The lowest BCUT2D eigenvalue weighted by molar-refractivity contribution is 0.102. The zero-order valence-electron chi connectivity index (χ0n) is 14.6. The summed E-state index contributed by atoms with van der Waals surface area (Å²) in [6, 6.07) is 13.1. The van der Waals surface area contributed by atoms with Crippen molar-refractivity contribution in [2.75, 3.05) is 18.5 Å². The number of hydrogen-bond donors (Lipinski definition) is 1. The van der Waals surface area contributed by atoms with Gasteiger partial charge in [-0.05, 0) is 49.6 Å². The molecule has 2 aromatic carbocycles. The summed E-state index contributed by atoms with van der Waals surface area (Å²) in [6.45, 7) is 7.17. The summed E-state index contributed by atoms with van der Waals surface area (Å²) in [5.41, 5.74) is 2.50. The van der Waals surface area contributed by atoms with E-state index in [0.29, 0.717) is 30.3 Å². The molecular weight excluding hydrogens is 302 g/mol. The number of carbonyl (C=O) groups excluding carboxylic acids is 1. The number of nitrogens with one attached hydrogen (secondary N) is 1. The zero-order valence-corrected chi connectivity index (χ0v) is 14.6. The van der Waals surface area contributed by atoms with E-state index < -0.39 is 0 Å². The van der Waals surface area contributed by atoms with Crippen LogP contribution in [0.4, 0.5) is 5.69 Å². The van der Waals surface area contributed by atoms with Crippen LogP contribution in [0.2, 0.25) is 0 Å². The first kappa shape index (κ1) is 17.9. The molecule has 2 aromatic rings. The lowest BCUT2D eigenvalue weighted by Crippen LogP contribution is -2.13. The summed E-state index contributed by atoms with van der Waals surface area (Å²) < 4.78 is 11.3. The molecule has 4 nitrogen and oxygen atoms in total.